The molecule has 1 aliphatic rings. The molecule has 2 unspecified atom stereocenters. The molecule has 1 amide bonds. The van der Waals surface area contributed by atoms with E-state index in [9.17, 15) is 4.79 Å². The molecule has 0 aromatic rings. The van der Waals surface area contributed by atoms with Crippen LogP contribution in [0.3, 0.4) is 0 Å². The fourth-order valence-electron chi connectivity index (χ4n) is 2.26. The van der Waals surface area contributed by atoms with Crippen LogP contribution in [0.5, 0.6) is 0 Å². The number of hydrogen-bond donors (Lipinski definition) is 3. The number of hydrogen-bond acceptors (Lipinski definition) is 4. The molecule has 1 fully saturated rings. The summed E-state index contributed by atoms with van der Waals surface area (Å²) < 4.78 is 4.87. The average molecular weight is 257 g/mol. The lowest BCUT2D eigenvalue weighted by atomic mass is 9.99. The lowest BCUT2D eigenvalue weighted by Gasteiger charge is -2.26. The van der Waals surface area contributed by atoms with Crippen molar-refractivity contribution in [2.24, 2.45) is 0 Å². The van der Waals surface area contributed by atoms with Gasteiger partial charge in [-0.3, -0.25) is 4.79 Å². The molecule has 1 aliphatic heterocycles. The zero-order valence-electron chi connectivity index (χ0n) is 11.6. The Kier molecular flexibility index (Phi) is 7.96. The highest BCUT2D eigenvalue weighted by Gasteiger charge is 2.15. The number of amides is 1. The Morgan fingerprint density at radius 2 is 2.33 bits per heavy atom. The SMILES string of the molecule is COCCNC(=O)CNC(C)CC1CCCCN1. The molecule has 0 spiro atoms. The summed E-state index contributed by atoms with van der Waals surface area (Å²) in [5, 5.41) is 9.59. The molecule has 1 rings (SSSR count). The van der Waals surface area contributed by atoms with Crippen LogP contribution in [0.1, 0.15) is 32.6 Å². The third kappa shape index (κ3) is 6.93. The molecule has 18 heavy (non-hydrogen) atoms. The van der Waals surface area contributed by atoms with E-state index in [0.717, 1.165) is 13.0 Å². The van der Waals surface area contributed by atoms with E-state index in [1.54, 1.807) is 7.11 Å². The number of piperidine rings is 1. The lowest BCUT2D eigenvalue weighted by molar-refractivity contribution is -0.120. The van der Waals surface area contributed by atoms with Gasteiger partial charge in [0.05, 0.1) is 13.2 Å². The van der Waals surface area contributed by atoms with Crippen molar-refractivity contribution in [2.45, 2.75) is 44.7 Å². The number of nitrogens with one attached hydrogen (secondary N) is 3. The molecule has 0 radical (unpaired) electrons. The van der Waals surface area contributed by atoms with E-state index in [1.807, 2.05) is 0 Å². The Hall–Kier alpha value is -0.650. The molecule has 0 aromatic heterocycles. The van der Waals surface area contributed by atoms with Crippen LogP contribution in [0.4, 0.5) is 0 Å². The highest BCUT2D eigenvalue weighted by atomic mass is 16.5. The summed E-state index contributed by atoms with van der Waals surface area (Å²) in [4.78, 5) is 11.5. The number of methoxy groups -OCH3 is 1. The summed E-state index contributed by atoms with van der Waals surface area (Å²) in [5.74, 6) is 0.0375. The Balaban J connectivity index is 2.04. The van der Waals surface area contributed by atoms with Gasteiger partial charge in [0.1, 0.15) is 0 Å². The van der Waals surface area contributed by atoms with Crippen molar-refractivity contribution in [2.75, 3.05) is 33.4 Å². The first-order valence-electron chi connectivity index (χ1n) is 6.94. The van der Waals surface area contributed by atoms with Crippen molar-refractivity contribution in [3.05, 3.63) is 0 Å². The fraction of sp³-hybridized carbons (Fsp3) is 0.923. The molecular formula is C13H27N3O2. The summed E-state index contributed by atoms with van der Waals surface area (Å²) in [5.41, 5.74) is 0. The highest BCUT2D eigenvalue weighted by Crippen LogP contribution is 2.11. The zero-order valence-corrected chi connectivity index (χ0v) is 11.6. The number of ether oxygens (including phenoxy) is 1. The van der Waals surface area contributed by atoms with Gasteiger partial charge in [-0.15, -0.1) is 0 Å². The Labute approximate surface area is 110 Å². The van der Waals surface area contributed by atoms with Gasteiger partial charge in [0.25, 0.3) is 0 Å². The van der Waals surface area contributed by atoms with Crippen molar-refractivity contribution in [1.29, 1.82) is 0 Å². The van der Waals surface area contributed by atoms with E-state index >= 15 is 0 Å². The Morgan fingerprint density at radius 1 is 1.50 bits per heavy atom. The maximum absolute atomic E-state index is 11.5. The molecular weight excluding hydrogens is 230 g/mol. The van der Waals surface area contributed by atoms with Crippen molar-refractivity contribution in [3.63, 3.8) is 0 Å². The van der Waals surface area contributed by atoms with Crippen molar-refractivity contribution < 1.29 is 9.53 Å². The van der Waals surface area contributed by atoms with Crippen LogP contribution in [0.15, 0.2) is 0 Å². The minimum absolute atomic E-state index is 0.0375. The molecule has 0 aromatic carbocycles. The van der Waals surface area contributed by atoms with Gasteiger partial charge in [-0.2, -0.15) is 0 Å². The summed E-state index contributed by atoms with van der Waals surface area (Å²) in [7, 11) is 1.63. The van der Waals surface area contributed by atoms with Crippen molar-refractivity contribution >= 4 is 5.91 Å². The van der Waals surface area contributed by atoms with Crippen LogP contribution in [-0.4, -0.2) is 51.3 Å². The smallest absolute Gasteiger partial charge is 0.234 e. The second-order valence-corrected chi connectivity index (χ2v) is 5.01. The van der Waals surface area contributed by atoms with Gasteiger partial charge in [-0.05, 0) is 32.7 Å². The second kappa shape index (κ2) is 9.30. The Morgan fingerprint density at radius 3 is 3.00 bits per heavy atom. The predicted molar refractivity (Wildman–Crippen MR) is 72.6 cm³/mol. The highest BCUT2D eigenvalue weighted by molar-refractivity contribution is 5.77. The van der Waals surface area contributed by atoms with E-state index in [-0.39, 0.29) is 5.91 Å². The standard InChI is InChI=1S/C13H27N3O2/c1-11(9-12-5-3-4-6-14-12)16-10-13(17)15-7-8-18-2/h11-12,14,16H,3-10H2,1-2H3,(H,15,17). The normalized spacial score (nSPS) is 21.6. The fourth-order valence-corrected chi connectivity index (χ4v) is 2.26. The molecule has 1 saturated heterocycles. The minimum atomic E-state index is 0.0375. The third-order valence-electron chi connectivity index (χ3n) is 3.29. The van der Waals surface area contributed by atoms with E-state index in [2.05, 4.69) is 22.9 Å². The summed E-state index contributed by atoms with van der Waals surface area (Å²) in [6, 6.07) is 0.978. The van der Waals surface area contributed by atoms with Crippen LogP contribution in [0.25, 0.3) is 0 Å². The summed E-state index contributed by atoms with van der Waals surface area (Å²) in [6.45, 7) is 4.80. The van der Waals surface area contributed by atoms with Gasteiger partial charge in [0.2, 0.25) is 5.91 Å². The van der Waals surface area contributed by atoms with Gasteiger partial charge in [0, 0.05) is 25.7 Å². The largest absolute Gasteiger partial charge is 0.383 e. The molecule has 0 aliphatic carbocycles. The number of carbonyl (C=O) groups is 1. The van der Waals surface area contributed by atoms with Crippen molar-refractivity contribution in [1.82, 2.24) is 16.0 Å². The monoisotopic (exact) mass is 257 g/mol. The molecule has 5 heteroatoms. The van der Waals surface area contributed by atoms with Gasteiger partial charge in [-0.25, -0.2) is 0 Å². The van der Waals surface area contributed by atoms with Gasteiger partial charge in [-0.1, -0.05) is 6.42 Å². The maximum Gasteiger partial charge on any atom is 0.234 e. The molecule has 5 nitrogen and oxygen atoms in total. The molecule has 2 atom stereocenters. The number of carbonyl (C=O) groups excluding carboxylic acids is 1. The zero-order chi connectivity index (χ0) is 13.2. The topological polar surface area (TPSA) is 62.4 Å². The predicted octanol–water partition coefficient (Wildman–Crippen LogP) is 0.259. The van der Waals surface area contributed by atoms with E-state index in [1.165, 1.54) is 19.3 Å². The first kappa shape index (κ1) is 15.4. The van der Waals surface area contributed by atoms with E-state index in [4.69, 9.17) is 4.74 Å². The molecule has 1 heterocycles. The Bertz CT molecular complexity index is 230. The van der Waals surface area contributed by atoms with Crippen LogP contribution in [0, 0.1) is 0 Å². The first-order valence-corrected chi connectivity index (χ1v) is 6.94. The average Bonchev–Trinajstić information content (AvgIpc) is 2.38. The van der Waals surface area contributed by atoms with Gasteiger partial charge >= 0.3 is 0 Å². The van der Waals surface area contributed by atoms with Crippen LogP contribution < -0.4 is 16.0 Å². The maximum atomic E-state index is 11.5. The van der Waals surface area contributed by atoms with Crippen molar-refractivity contribution in [3.8, 4) is 0 Å². The quantitative estimate of drug-likeness (QED) is 0.546. The molecule has 106 valence electrons. The van der Waals surface area contributed by atoms with E-state index < -0.39 is 0 Å². The minimum Gasteiger partial charge on any atom is -0.383 e. The van der Waals surface area contributed by atoms with E-state index in [0.29, 0.717) is 31.8 Å². The van der Waals surface area contributed by atoms with Crippen LogP contribution in [0.2, 0.25) is 0 Å². The summed E-state index contributed by atoms with van der Waals surface area (Å²) >= 11 is 0. The summed E-state index contributed by atoms with van der Waals surface area (Å²) in [6.07, 6.45) is 4.96. The molecule has 0 saturated carbocycles. The first-order chi connectivity index (χ1) is 8.72. The number of rotatable bonds is 8. The molecule has 0 bridgehead atoms. The van der Waals surface area contributed by atoms with Crippen LogP contribution >= 0.6 is 0 Å². The third-order valence-corrected chi connectivity index (χ3v) is 3.29. The lowest BCUT2D eigenvalue weighted by Crippen LogP contribution is -2.43. The van der Waals surface area contributed by atoms with Gasteiger partial charge in [0.15, 0.2) is 0 Å². The van der Waals surface area contributed by atoms with Gasteiger partial charge < -0.3 is 20.7 Å². The second-order valence-electron chi connectivity index (χ2n) is 5.01. The van der Waals surface area contributed by atoms with Crippen LogP contribution in [-0.2, 0) is 9.53 Å². The molecule has 3 N–H and O–H groups in total.